The van der Waals surface area contributed by atoms with Crippen LogP contribution < -0.4 is 24.3 Å². The van der Waals surface area contributed by atoms with Crippen molar-refractivity contribution in [1.82, 2.24) is 15.3 Å². The second-order valence-electron chi connectivity index (χ2n) is 10.4. The van der Waals surface area contributed by atoms with Crippen LogP contribution in [0.4, 0.5) is 0 Å². The third-order valence-electron chi connectivity index (χ3n) is 6.94. The Morgan fingerprint density at radius 1 is 1.05 bits per heavy atom. The summed E-state index contributed by atoms with van der Waals surface area (Å²) in [6.45, 7) is 6.75. The van der Waals surface area contributed by atoms with Gasteiger partial charge in [-0.15, -0.1) is 0 Å². The average molecular weight is 590 g/mol. The van der Waals surface area contributed by atoms with E-state index < -0.39 is 11.5 Å². The molecule has 0 atom stereocenters. The molecule has 5 rings (SSSR count). The smallest absolute Gasteiger partial charge is 0.323 e. The Bertz CT molecular complexity index is 1580. The van der Waals surface area contributed by atoms with Gasteiger partial charge >= 0.3 is 5.97 Å². The van der Waals surface area contributed by atoms with E-state index in [0.717, 1.165) is 33.8 Å². The van der Waals surface area contributed by atoms with E-state index in [9.17, 15) is 9.90 Å². The first kappa shape index (κ1) is 29.2. The number of carboxylic acids is 1. The van der Waals surface area contributed by atoms with E-state index in [0.29, 0.717) is 41.1 Å². The maximum absolute atomic E-state index is 11.6. The molecule has 2 aromatic carbocycles. The number of pyridine rings is 2. The minimum absolute atomic E-state index is 0.0991. The van der Waals surface area contributed by atoms with Gasteiger partial charge in [0.2, 0.25) is 5.88 Å². The number of rotatable bonds is 11. The zero-order valence-electron chi connectivity index (χ0n) is 23.6. The molecule has 10 heteroatoms. The number of nitrogens with zero attached hydrogens (tertiary/aromatic N) is 2. The highest BCUT2D eigenvalue weighted by Crippen LogP contribution is 2.37. The van der Waals surface area contributed by atoms with Crippen LogP contribution in [0.15, 0.2) is 67.0 Å². The van der Waals surface area contributed by atoms with Gasteiger partial charge in [-0.05, 0) is 67.8 Å². The fraction of sp³-hybridized carbons (Fsp3) is 0.281. The van der Waals surface area contributed by atoms with Crippen LogP contribution in [0.2, 0.25) is 5.02 Å². The van der Waals surface area contributed by atoms with Crippen LogP contribution in [0.3, 0.4) is 0 Å². The molecule has 0 fully saturated rings. The molecule has 3 heterocycles. The van der Waals surface area contributed by atoms with Crippen molar-refractivity contribution in [2.24, 2.45) is 0 Å². The molecule has 0 bridgehead atoms. The number of fused-ring (bicyclic) bond motifs is 1. The normalized spacial score (nSPS) is 12.6. The Balaban J connectivity index is 1.37. The number of nitrogens with one attached hydrogen (secondary N) is 1. The molecule has 0 radical (unpaired) electrons. The third-order valence-corrected chi connectivity index (χ3v) is 7.27. The average Bonchev–Trinajstić information content (AvgIpc) is 2.99. The van der Waals surface area contributed by atoms with Crippen molar-refractivity contribution in [2.75, 3.05) is 13.2 Å². The summed E-state index contributed by atoms with van der Waals surface area (Å²) >= 11 is 6.65. The summed E-state index contributed by atoms with van der Waals surface area (Å²) in [5.74, 6) is 1.51. The lowest BCUT2D eigenvalue weighted by molar-refractivity contribution is -0.143. The molecule has 0 amide bonds. The molecule has 1 aliphatic heterocycles. The minimum atomic E-state index is -1.16. The van der Waals surface area contributed by atoms with E-state index in [4.69, 9.17) is 30.5 Å². The van der Waals surface area contributed by atoms with Crippen LogP contribution in [0.5, 0.6) is 23.1 Å². The number of aliphatic carboxylic acids is 1. The maximum Gasteiger partial charge on any atom is 0.323 e. The van der Waals surface area contributed by atoms with Gasteiger partial charge in [-0.2, -0.15) is 0 Å². The molecular weight excluding hydrogens is 558 g/mol. The largest absolute Gasteiger partial charge is 0.487 e. The predicted octanol–water partition coefficient (Wildman–Crippen LogP) is 5.99. The highest BCUT2D eigenvalue weighted by atomic mass is 35.5. The standard InChI is InChI=1S/C32H32ClN3O6/c1-20-24(22-9-10-28-29(15-22)40-13-12-39-28)7-4-8-27(20)41-19-26-25(33)14-23(17-35-32(2,3)31(37)38)30(36-26)42-18-21-6-5-11-34-16-21/h4-11,14-16,35H,12-13,17-19H2,1-3H3,(H,37,38). The van der Waals surface area contributed by atoms with Crippen LogP contribution >= 0.6 is 11.6 Å². The summed E-state index contributed by atoms with van der Waals surface area (Å²) < 4.78 is 23.7. The lowest BCUT2D eigenvalue weighted by Crippen LogP contribution is -2.46. The van der Waals surface area contributed by atoms with E-state index in [1.54, 1.807) is 32.3 Å². The van der Waals surface area contributed by atoms with Crippen LogP contribution in [0.1, 0.15) is 36.2 Å². The van der Waals surface area contributed by atoms with E-state index in [2.05, 4.69) is 15.3 Å². The van der Waals surface area contributed by atoms with Crippen molar-refractivity contribution in [3.05, 3.63) is 94.4 Å². The number of benzene rings is 2. The van der Waals surface area contributed by atoms with Gasteiger partial charge < -0.3 is 24.1 Å². The Morgan fingerprint density at radius 3 is 2.62 bits per heavy atom. The quantitative estimate of drug-likeness (QED) is 0.218. The van der Waals surface area contributed by atoms with Gasteiger partial charge in [0.05, 0.1) is 5.02 Å². The van der Waals surface area contributed by atoms with E-state index >= 15 is 0 Å². The molecule has 9 nitrogen and oxygen atoms in total. The molecule has 218 valence electrons. The number of aromatic nitrogens is 2. The Hall–Kier alpha value is -4.34. The molecule has 0 aliphatic carbocycles. The molecule has 0 unspecified atom stereocenters. The second kappa shape index (κ2) is 12.7. The van der Waals surface area contributed by atoms with Crippen molar-refractivity contribution >= 4 is 17.6 Å². The van der Waals surface area contributed by atoms with Crippen molar-refractivity contribution in [1.29, 1.82) is 0 Å². The summed E-state index contributed by atoms with van der Waals surface area (Å²) in [7, 11) is 0. The molecule has 2 N–H and O–H groups in total. The van der Waals surface area contributed by atoms with Gasteiger partial charge in [0.25, 0.3) is 0 Å². The molecule has 1 aliphatic rings. The summed E-state index contributed by atoms with van der Waals surface area (Å²) in [6, 6.07) is 17.2. The second-order valence-corrected chi connectivity index (χ2v) is 10.8. The van der Waals surface area contributed by atoms with Crippen LogP contribution in [0, 0.1) is 6.92 Å². The number of hydrogen-bond acceptors (Lipinski definition) is 8. The van der Waals surface area contributed by atoms with Crippen molar-refractivity contribution in [3.63, 3.8) is 0 Å². The van der Waals surface area contributed by atoms with E-state index in [-0.39, 0.29) is 19.8 Å². The third kappa shape index (κ3) is 6.75. The molecule has 0 saturated carbocycles. The minimum Gasteiger partial charge on any atom is -0.487 e. The number of halogens is 1. The predicted molar refractivity (Wildman–Crippen MR) is 158 cm³/mol. The summed E-state index contributed by atoms with van der Waals surface area (Å²) in [5, 5.41) is 12.9. The fourth-order valence-corrected chi connectivity index (χ4v) is 4.59. The fourth-order valence-electron chi connectivity index (χ4n) is 4.37. The van der Waals surface area contributed by atoms with E-state index in [1.807, 2.05) is 55.5 Å². The summed E-state index contributed by atoms with van der Waals surface area (Å²) in [4.78, 5) is 20.4. The van der Waals surface area contributed by atoms with Crippen LogP contribution in [-0.2, 0) is 24.6 Å². The first-order chi connectivity index (χ1) is 20.2. The first-order valence-electron chi connectivity index (χ1n) is 13.5. The first-order valence-corrected chi connectivity index (χ1v) is 13.9. The Morgan fingerprint density at radius 2 is 1.86 bits per heavy atom. The number of carboxylic acid groups (broad SMARTS) is 1. The maximum atomic E-state index is 11.6. The topological polar surface area (TPSA) is 112 Å². The SMILES string of the molecule is Cc1c(OCc2nc(OCc3cccnc3)c(CNC(C)(C)C(=O)O)cc2Cl)cccc1-c1ccc2c(c1)OCCO2. The molecule has 2 aromatic heterocycles. The van der Waals surface area contributed by atoms with Crippen molar-refractivity contribution in [2.45, 2.75) is 46.1 Å². The van der Waals surface area contributed by atoms with Crippen molar-refractivity contribution in [3.8, 4) is 34.3 Å². The van der Waals surface area contributed by atoms with Gasteiger partial charge in [-0.3, -0.25) is 15.1 Å². The van der Waals surface area contributed by atoms with Crippen LogP contribution in [-0.4, -0.2) is 39.8 Å². The van der Waals surface area contributed by atoms with Crippen molar-refractivity contribution < 1.29 is 28.8 Å². The highest BCUT2D eigenvalue weighted by Gasteiger charge is 2.27. The Kier molecular flexibility index (Phi) is 8.80. The zero-order chi connectivity index (χ0) is 29.7. The van der Waals surface area contributed by atoms with Gasteiger partial charge in [-0.25, -0.2) is 4.98 Å². The molecular formula is C32H32ClN3O6. The number of hydrogen-bond donors (Lipinski definition) is 2. The van der Waals surface area contributed by atoms with Crippen LogP contribution in [0.25, 0.3) is 11.1 Å². The van der Waals surface area contributed by atoms with Gasteiger partial charge in [-0.1, -0.05) is 35.9 Å². The monoisotopic (exact) mass is 589 g/mol. The Labute approximate surface area is 249 Å². The lowest BCUT2D eigenvalue weighted by Gasteiger charge is -2.22. The zero-order valence-corrected chi connectivity index (χ0v) is 24.4. The van der Waals surface area contributed by atoms with Gasteiger partial charge in [0.15, 0.2) is 11.5 Å². The molecule has 42 heavy (non-hydrogen) atoms. The molecule has 0 spiro atoms. The molecule has 4 aromatic rings. The molecule has 0 saturated heterocycles. The lowest BCUT2D eigenvalue weighted by atomic mass is 9.99. The summed E-state index contributed by atoms with van der Waals surface area (Å²) in [5.41, 5.74) is 3.77. The number of carbonyl (C=O) groups is 1. The van der Waals surface area contributed by atoms with E-state index in [1.165, 1.54) is 0 Å². The van der Waals surface area contributed by atoms with Gasteiger partial charge in [0, 0.05) is 30.1 Å². The summed E-state index contributed by atoms with van der Waals surface area (Å²) in [6.07, 6.45) is 3.40. The highest BCUT2D eigenvalue weighted by molar-refractivity contribution is 6.31. The van der Waals surface area contributed by atoms with Gasteiger partial charge in [0.1, 0.15) is 43.4 Å². The number of ether oxygens (including phenoxy) is 4.